The van der Waals surface area contributed by atoms with E-state index in [9.17, 15) is 4.79 Å². The molecule has 0 spiro atoms. The summed E-state index contributed by atoms with van der Waals surface area (Å²) in [4.78, 5) is 11.9. The lowest BCUT2D eigenvalue weighted by atomic mass is 9.97. The fraction of sp³-hybridized carbons (Fsp3) is 0.846. The maximum Gasteiger partial charge on any atom is 0.223 e. The van der Waals surface area contributed by atoms with E-state index in [0.717, 1.165) is 32.1 Å². The summed E-state index contributed by atoms with van der Waals surface area (Å²) in [5.41, 5.74) is 0. The highest BCUT2D eigenvalue weighted by Gasteiger charge is 2.18. The molecule has 0 bridgehead atoms. The van der Waals surface area contributed by atoms with E-state index in [0.29, 0.717) is 6.42 Å². The number of hydrogen-bond donors (Lipinski definition) is 1. The van der Waals surface area contributed by atoms with Gasteiger partial charge in [-0.3, -0.25) is 4.79 Å². The first kappa shape index (κ1) is 15.0. The molecule has 1 N–H and O–H groups in total. The largest absolute Gasteiger partial charge is 0.352 e. The van der Waals surface area contributed by atoms with Crippen LogP contribution in [0.25, 0.3) is 0 Å². The van der Waals surface area contributed by atoms with Crippen molar-refractivity contribution in [3.05, 3.63) is 0 Å². The highest BCUT2D eigenvalue weighted by molar-refractivity contribution is 5.78. The van der Waals surface area contributed by atoms with Gasteiger partial charge in [-0.2, -0.15) is 5.26 Å². The minimum Gasteiger partial charge on any atom is -0.352 e. The molecule has 3 heteroatoms. The van der Waals surface area contributed by atoms with Crippen molar-refractivity contribution in [2.24, 2.45) is 5.92 Å². The number of amides is 1. The van der Waals surface area contributed by atoms with Gasteiger partial charge < -0.3 is 5.32 Å². The van der Waals surface area contributed by atoms with Gasteiger partial charge in [0.15, 0.2) is 0 Å². The number of carbonyl (C=O) groups excluding carboxylic acids is 1. The first-order chi connectivity index (χ1) is 7.69. The van der Waals surface area contributed by atoms with Crippen LogP contribution >= 0.6 is 0 Å². The number of nitrogens with one attached hydrogen (secondary N) is 1. The Morgan fingerprint density at radius 3 is 2.44 bits per heavy atom. The Morgan fingerprint density at radius 1 is 1.31 bits per heavy atom. The molecule has 1 amide bonds. The Hall–Kier alpha value is -1.04. The molecule has 0 aromatic carbocycles. The summed E-state index contributed by atoms with van der Waals surface area (Å²) in [6, 6.07) is 2.13. The summed E-state index contributed by atoms with van der Waals surface area (Å²) in [5, 5.41) is 11.6. The van der Waals surface area contributed by atoms with Gasteiger partial charge in [-0.25, -0.2) is 0 Å². The summed E-state index contributed by atoms with van der Waals surface area (Å²) in [5.74, 6) is 0.241. The first-order valence-corrected chi connectivity index (χ1v) is 6.36. The third-order valence-corrected chi connectivity index (χ3v) is 2.95. The van der Waals surface area contributed by atoms with Gasteiger partial charge >= 0.3 is 0 Å². The van der Waals surface area contributed by atoms with Crippen LogP contribution in [0.2, 0.25) is 0 Å². The van der Waals surface area contributed by atoms with Crippen LogP contribution in [0.3, 0.4) is 0 Å². The number of carbonyl (C=O) groups is 1. The van der Waals surface area contributed by atoms with Crippen LogP contribution < -0.4 is 5.32 Å². The molecule has 92 valence electrons. The van der Waals surface area contributed by atoms with Crippen LogP contribution in [0.1, 0.15) is 59.3 Å². The molecule has 0 saturated heterocycles. The molecule has 0 fully saturated rings. The number of unbranched alkanes of at least 4 members (excludes halogenated alkanes) is 1. The Balaban J connectivity index is 4.13. The molecule has 2 atom stereocenters. The maximum absolute atomic E-state index is 11.9. The molecule has 0 rings (SSSR count). The van der Waals surface area contributed by atoms with E-state index in [-0.39, 0.29) is 17.9 Å². The second-order valence-electron chi connectivity index (χ2n) is 4.22. The van der Waals surface area contributed by atoms with Crippen molar-refractivity contribution in [3.8, 4) is 6.07 Å². The van der Waals surface area contributed by atoms with Crippen LogP contribution in [0.5, 0.6) is 0 Å². The SMILES string of the molecule is CCCCC(CC)C(=O)NC(CC)CC#N. The maximum atomic E-state index is 11.9. The van der Waals surface area contributed by atoms with Gasteiger partial charge in [0.1, 0.15) is 0 Å². The van der Waals surface area contributed by atoms with E-state index in [4.69, 9.17) is 5.26 Å². The van der Waals surface area contributed by atoms with E-state index < -0.39 is 0 Å². The molecular weight excluding hydrogens is 200 g/mol. The summed E-state index contributed by atoms with van der Waals surface area (Å²) in [6.45, 7) is 6.18. The highest BCUT2D eigenvalue weighted by atomic mass is 16.1. The van der Waals surface area contributed by atoms with E-state index in [1.165, 1.54) is 0 Å². The van der Waals surface area contributed by atoms with Crippen molar-refractivity contribution in [1.82, 2.24) is 5.32 Å². The van der Waals surface area contributed by atoms with Gasteiger partial charge in [0.05, 0.1) is 12.5 Å². The predicted octanol–water partition coefficient (Wildman–Crippen LogP) is 3.01. The molecule has 0 heterocycles. The van der Waals surface area contributed by atoms with E-state index >= 15 is 0 Å². The van der Waals surface area contributed by atoms with Gasteiger partial charge in [0.2, 0.25) is 5.91 Å². The van der Waals surface area contributed by atoms with Crippen LogP contribution in [-0.4, -0.2) is 11.9 Å². The van der Waals surface area contributed by atoms with Crippen LogP contribution in [0.15, 0.2) is 0 Å². The zero-order valence-electron chi connectivity index (χ0n) is 10.8. The standard InChI is InChI=1S/C13H24N2O/c1-4-7-8-11(5-2)13(16)15-12(6-3)9-10-14/h11-12H,4-9H2,1-3H3,(H,15,16). The Morgan fingerprint density at radius 2 is 2.00 bits per heavy atom. The topological polar surface area (TPSA) is 52.9 Å². The van der Waals surface area contributed by atoms with Crippen molar-refractivity contribution in [1.29, 1.82) is 5.26 Å². The van der Waals surface area contributed by atoms with Crippen LogP contribution in [0.4, 0.5) is 0 Å². The Kier molecular flexibility index (Phi) is 8.61. The van der Waals surface area contributed by atoms with Gasteiger partial charge in [-0.1, -0.05) is 33.6 Å². The quantitative estimate of drug-likeness (QED) is 0.689. The van der Waals surface area contributed by atoms with E-state index in [1.54, 1.807) is 0 Å². The van der Waals surface area contributed by atoms with Crippen molar-refractivity contribution in [3.63, 3.8) is 0 Å². The zero-order valence-corrected chi connectivity index (χ0v) is 10.8. The van der Waals surface area contributed by atoms with Crippen molar-refractivity contribution in [2.45, 2.75) is 65.3 Å². The number of rotatable bonds is 8. The lowest BCUT2D eigenvalue weighted by molar-refractivity contribution is -0.126. The normalized spacial score (nSPS) is 13.9. The summed E-state index contributed by atoms with van der Waals surface area (Å²) in [6.07, 6.45) is 5.30. The number of nitriles is 1. The number of hydrogen-bond acceptors (Lipinski definition) is 2. The second-order valence-corrected chi connectivity index (χ2v) is 4.22. The summed E-state index contributed by atoms with van der Waals surface area (Å²) < 4.78 is 0. The smallest absolute Gasteiger partial charge is 0.223 e. The number of nitrogens with zero attached hydrogens (tertiary/aromatic N) is 1. The lowest BCUT2D eigenvalue weighted by Gasteiger charge is -2.19. The average molecular weight is 224 g/mol. The van der Waals surface area contributed by atoms with Crippen molar-refractivity contribution >= 4 is 5.91 Å². The third-order valence-electron chi connectivity index (χ3n) is 2.95. The molecule has 0 aliphatic rings. The van der Waals surface area contributed by atoms with Gasteiger partial charge in [-0.05, 0) is 19.3 Å². The molecule has 0 radical (unpaired) electrons. The first-order valence-electron chi connectivity index (χ1n) is 6.36. The molecule has 2 unspecified atom stereocenters. The minimum absolute atomic E-state index is 0.0215. The second kappa shape index (κ2) is 9.21. The minimum atomic E-state index is 0.0215. The van der Waals surface area contributed by atoms with Gasteiger partial charge in [0.25, 0.3) is 0 Å². The summed E-state index contributed by atoms with van der Waals surface area (Å²) >= 11 is 0. The molecular formula is C13H24N2O. The van der Waals surface area contributed by atoms with Crippen molar-refractivity contribution < 1.29 is 4.79 Å². The van der Waals surface area contributed by atoms with E-state index in [2.05, 4.69) is 18.3 Å². The molecule has 16 heavy (non-hydrogen) atoms. The van der Waals surface area contributed by atoms with Crippen LogP contribution in [-0.2, 0) is 4.79 Å². The Bertz CT molecular complexity index is 233. The molecule has 0 aromatic rings. The highest BCUT2D eigenvalue weighted by Crippen LogP contribution is 2.13. The average Bonchev–Trinajstić information content (AvgIpc) is 2.29. The zero-order chi connectivity index (χ0) is 12.4. The fourth-order valence-electron chi connectivity index (χ4n) is 1.70. The third kappa shape index (κ3) is 5.75. The molecule has 0 aliphatic heterocycles. The molecule has 0 aliphatic carbocycles. The summed E-state index contributed by atoms with van der Waals surface area (Å²) in [7, 11) is 0. The lowest BCUT2D eigenvalue weighted by Crippen LogP contribution is -2.38. The monoisotopic (exact) mass is 224 g/mol. The molecule has 3 nitrogen and oxygen atoms in total. The fourth-order valence-corrected chi connectivity index (χ4v) is 1.70. The van der Waals surface area contributed by atoms with Crippen molar-refractivity contribution in [2.75, 3.05) is 0 Å². The van der Waals surface area contributed by atoms with Gasteiger partial charge in [0, 0.05) is 12.0 Å². The predicted molar refractivity (Wildman–Crippen MR) is 65.8 cm³/mol. The molecule has 0 saturated carbocycles. The molecule has 0 aromatic heterocycles. The van der Waals surface area contributed by atoms with E-state index in [1.807, 2.05) is 13.8 Å². The Labute approximate surface area is 99.2 Å². The van der Waals surface area contributed by atoms with Gasteiger partial charge in [-0.15, -0.1) is 0 Å². The van der Waals surface area contributed by atoms with Crippen LogP contribution in [0, 0.1) is 17.2 Å².